The summed E-state index contributed by atoms with van der Waals surface area (Å²) >= 11 is 0. The predicted molar refractivity (Wildman–Crippen MR) is 198 cm³/mol. The number of nitrogens with zero attached hydrogens (tertiary/aromatic N) is 2. The molecule has 2 N–H and O–H groups in total. The number of alkyl carbamates (subject to hydrolysis) is 1. The van der Waals surface area contributed by atoms with Crippen LogP contribution in [0.4, 0.5) is 15.3 Å². The van der Waals surface area contributed by atoms with Crippen LogP contribution in [0.5, 0.6) is 23.0 Å². The van der Waals surface area contributed by atoms with E-state index < -0.39 is 51.7 Å². The van der Waals surface area contributed by atoms with Crippen molar-refractivity contribution in [2.45, 2.75) is 62.5 Å². The van der Waals surface area contributed by atoms with Gasteiger partial charge in [0.2, 0.25) is 16.8 Å². The van der Waals surface area contributed by atoms with Crippen molar-refractivity contribution < 1.29 is 65.9 Å². The molecule has 0 saturated carbocycles. The molecule has 0 bridgehead atoms. The second kappa shape index (κ2) is 18.8. The molecule has 0 aromatic heterocycles. The van der Waals surface area contributed by atoms with Crippen molar-refractivity contribution in [3.8, 4) is 23.0 Å². The molecule has 3 aromatic rings. The van der Waals surface area contributed by atoms with Crippen molar-refractivity contribution >= 4 is 28.0 Å². The number of hydrogen-bond donors (Lipinski definition) is 2. The van der Waals surface area contributed by atoms with Crippen LogP contribution in [-0.4, -0.2) is 106 Å². The Labute approximate surface area is 329 Å². The number of ether oxygens (including phenoxy) is 8. The maximum absolute atomic E-state index is 14.0. The summed E-state index contributed by atoms with van der Waals surface area (Å²) in [6.45, 7) is 4.31. The highest BCUT2D eigenvalue weighted by molar-refractivity contribution is 7.89. The third kappa shape index (κ3) is 11.0. The fourth-order valence-electron chi connectivity index (χ4n) is 6.50. The first-order chi connectivity index (χ1) is 27.3. The number of carbonyl (C=O) groups is 2. The molecule has 2 saturated heterocycles. The minimum Gasteiger partial charge on any atom is -0.493 e. The van der Waals surface area contributed by atoms with Crippen LogP contribution in [-0.2, 0) is 35.4 Å². The first kappa shape index (κ1) is 41.4. The van der Waals surface area contributed by atoms with Gasteiger partial charge in [0, 0.05) is 37.7 Å². The van der Waals surface area contributed by atoms with E-state index in [0.29, 0.717) is 42.3 Å². The van der Waals surface area contributed by atoms with Crippen LogP contribution in [0.1, 0.15) is 32.3 Å². The Bertz CT molecular complexity index is 1960. The van der Waals surface area contributed by atoms with Gasteiger partial charge in [-0.15, -0.1) is 0 Å². The molecular weight excluding hydrogens is 770 g/mol. The summed E-state index contributed by atoms with van der Waals surface area (Å²) in [6, 6.07) is 15.3. The van der Waals surface area contributed by atoms with E-state index in [4.69, 9.17) is 37.9 Å². The smallest absolute Gasteiger partial charge is 0.493 e. The molecule has 2 unspecified atom stereocenters. The number of sulfonamides is 1. The van der Waals surface area contributed by atoms with Gasteiger partial charge in [0.05, 0.1) is 54.3 Å². The lowest BCUT2D eigenvalue weighted by molar-refractivity contribution is -0.384. The fraction of sp³-hybridized carbons (Fsp3) is 0.474. The Morgan fingerprint density at radius 1 is 0.982 bits per heavy atom. The largest absolute Gasteiger partial charge is 0.513 e. The van der Waals surface area contributed by atoms with Crippen molar-refractivity contribution in [3.05, 3.63) is 82.4 Å². The molecular formula is C38H45N3O15S. The molecule has 1 amide bonds. The van der Waals surface area contributed by atoms with Crippen molar-refractivity contribution in [1.29, 1.82) is 0 Å². The standard InChI is InChI=1S/C38H45N3O15S/c1-24(2)20-40(57(47,48)29-12-13-33-34(19-29)54-23-53-33)21-32(42)31(39-37(43)56-35-22-52-36-30(35)14-17-50-36)18-25-4-8-27(9-5-25)49-15-3-16-51-38(44)55-28-10-6-26(7-11-28)41(45)46/h4-13,19,24,30-32,35-36,42H,3,14-18,20-23H2,1-2H3,(H,39,43)/t30?,31-,32+,35-,36?/m0/s1. The zero-order valence-electron chi connectivity index (χ0n) is 31.4. The SMILES string of the molecule is CC(C)CN(C[C@@H](O)[C@H](Cc1ccc(OCCCOC(=O)Oc2ccc([N+](=O)[O-])cc2)cc1)NC(=O)O[C@H]1COC2OCCC21)S(=O)(=O)c1ccc2c(c1)OCO2. The molecule has 0 radical (unpaired) electrons. The molecule has 308 valence electrons. The molecule has 0 spiro atoms. The summed E-state index contributed by atoms with van der Waals surface area (Å²) in [7, 11) is -4.13. The zero-order chi connectivity index (χ0) is 40.5. The Hall–Kier alpha value is -5.21. The van der Waals surface area contributed by atoms with Crippen molar-refractivity contribution in [3.63, 3.8) is 0 Å². The van der Waals surface area contributed by atoms with E-state index in [0.717, 1.165) is 0 Å². The van der Waals surface area contributed by atoms with Crippen LogP contribution in [0.25, 0.3) is 0 Å². The maximum atomic E-state index is 14.0. The van der Waals surface area contributed by atoms with E-state index in [9.17, 15) is 33.2 Å². The number of non-ortho nitro benzene ring substituents is 1. The average molecular weight is 816 g/mol. The normalized spacial score (nSPS) is 19.5. The van der Waals surface area contributed by atoms with E-state index >= 15 is 0 Å². The highest BCUT2D eigenvalue weighted by Crippen LogP contribution is 2.35. The summed E-state index contributed by atoms with van der Waals surface area (Å²) in [4.78, 5) is 35.5. The number of carbonyl (C=O) groups excluding carboxylic acids is 2. The molecule has 5 atom stereocenters. The van der Waals surface area contributed by atoms with E-state index in [1.807, 2.05) is 13.8 Å². The van der Waals surface area contributed by atoms with E-state index in [2.05, 4.69) is 5.32 Å². The Balaban J connectivity index is 1.06. The van der Waals surface area contributed by atoms with Crippen LogP contribution in [0.3, 0.4) is 0 Å². The van der Waals surface area contributed by atoms with Crippen molar-refractivity contribution in [1.82, 2.24) is 9.62 Å². The average Bonchev–Trinajstić information content (AvgIpc) is 3.94. The number of benzene rings is 3. The van der Waals surface area contributed by atoms with E-state index in [-0.39, 0.29) is 74.3 Å². The molecule has 18 nitrogen and oxygen atoms in total. The van der Waals surface area contributed by atoms with Gasteiger partial charge in [-0.1, -0.05) is 26.0 Å². The predicted octanol–water partition coefficient (Wildman–Crippen LogP) is 4.41. The number of nitrogens with one attached hydrogen (secondary N) is 1. The molecule has 3 aliphatic rings. The number of hydrogen-bond acceptors (Lipinski definition) is 15. The van der Waals surface area contributed by atoms with Crippen LogP contribution in [0.15, 0.2) is 71.6 Å². The second-order valence-corrected chi connectivity index (χ2v) is 16.0. The first-order valence-electron chi connectivity index (χ1n) is 18.4. The van der Waals surface area contributed by atoms with E-state index in [1.54, 1.807) is 24.3 Å². The minimum atomic E-state index is -4.13. The van der Waals surface area contributed by atoms with Gasteiger partial charge >= 0.3 is 12.2 Å². The number of rotatable bonds is 18. The fourth-order valence-corrected chi connectivity index (χ4v) is 8.13. The third-order valence-corrected chi connectivity index (χ3v) is 11.2. The molecule has 0 aliphatic carbocycles. The van der Waals surface area contributed by atoms with Gasteiger partial charge in [-0.05, 0) is 60.7 Å². The number of nitro benzene ring substituents is 1. The summed E-state index contributed by atoms with van der Waals surface area (Å²) < 4.78 is 72.6. The lowest BCUT2D eigenvalue weighted by atomic mass is 10.0. The van der Waals surface area contributed by atoms with Crippen LogP contribution < -0.4 is 24.3 Å². The monoisotopic (exact) mass is 815 g/mol. The highest BCUT2D eigenvalue weighted by atomic mass is 32.2. The van der Waals surface area contributed by atoms with Gasteiger partial charge in [0.15, 0.2) is 17.8 Å². The van der Waals surface area contributed by atoms with Gasteiger partial charge in [0.25, 0.3) is 5.69 Å². The summed E-state index contributed by atoms with van der Waals surface area (Å²) in [5.41, 5.74) is 0.561. The number of aliphatic hydroxyl groups excluding tert-OH is 1. The molecule has 3 aliphatic heterocycles. The lowest BCUT2D eigenvalue weighted by Gasteiger charge is -2.31. The molecule has 19 heteroatoms. The van der Waals surface area contributed by atoms with E-state index in [1.165, 1.54) is 46.8 Å². The zero-order valence-corrected chi connectivity index (χ0v) is 32.2. The Kier molecular flexibility index (Phi) is 13.7. The Morgan fingerprint density at radius 3 is 2.46 bits per heavy atom. The molecule has 3 aromatic carbocycles. The van der Waals surface area contributed by atoms with Gasteiger partial charge in [-0.25, -0.2) is 18.0 Å². The highest BCUT2D eigenvalue weighted by Gasteiger charge is 2.44. The summed E-state index contributed by atoms with van der Waals surface area (Å²) in [6.07, 6.45) is -2.98. The van der Waals surface area contributed by atoms with Gasteiger partial charge in [-0.3, -0.25) is 10.1 Å². The van der Waals surface area contributed by atoms with Crippen molar-refractivity contribution in [2.75, 3.05) is 46.3 Å². The number of amides is 1. The van der Waals surface area contributed by atoms with Gasteiger partial charge in [-0.2, -0.15) is 4.31 Å². The minimum absolute atomic E-state index is 0.00907. The number of fused-ring (bicyclic) bond motifs is 2. The number of aliphatic hydroxyl groups is 1. The number of nitro groups is 1. The maximum Gasteiger partial charge on any atom is 0.513 e. The molecule has 57 heavy (non-hydrogen) atoms. The topological polar surface area (TPSA) is 221 Å². The quantitative estimate of drug-likeness (QED) is 0.0597. The van der Waals surface area contributed by atoms with Gasteiger partial charge < -0.3 is 48.3 Å². The molecule has 6 rings (SSSR count). The molecule has 2 fully saturated rings. The first-order valence-corrected chi connectivity index (χ1v) is 19.9. The Morgan fingerprint density at radius 2 is 1.72 bits per heavy atom. The third-order valence-electron chi connectivity index (χ3n) is 9.36. The summed E-state index contributed by atoms with van der Waals surface area (Å²) in [5, 5.41) is 25.3. The summed E-state index contributed by atoms with van der Waals surface area (Å²) in [5.74, 6) is 1.13. The van der Waals surface area contributed by atoms with Crippen LogP contribution >= 0.6 is 0 Å². The van der Waals surface area contributed by atoms with Crippen LogP contribution in [0, 0.1) is 22.0 Å². The van der Waals surface area contributed by atoms with Crippen molar-refractivity contribution in [2.24, 2.45) is 11.8 Å². The van der Waals surface area contributed by atoms with Gasteiger partial charge in [0.1, 0.15) is 17.6 Å². The van der Waals surface area contributed by atoms with Crippen LogP contribution in [0.2, 0.25) is 0 Å². The second-order valence-electron chi connectivity index (χ2n) is 14.0. The molecule has 3 heterocycles. The lowest BCUT2D eigenvalue weighted by Crippen LogP contribution is -2.51.